The van der Waals surface area contributed by atoms with Crippen LogP contribution in [0.5, 0.6) is 5.75 Å². The van der Waals surface area contributed by atoms with E-state index in [1.165, 1.54) is 14.2 Å². The predicted molar refractivity (Wildman–Crippen MR) is 128 cm³/mol. The summed E-state index contributed by atoms with van der Waals surface area (Å²) in [5.41, 5.74) is 1.07. The van der Waals surface area contributed by atoms with Gasteiger partial charge in [-0.15, -0.1) is 0 Å². The topological polar surface area (TPSA) is 115 Å². The Hall–Kier alpha value is -3.79. The standard InChI is InChI=1S/C25H33N3O7/c1-25(2,3)35-23(30)26-15-18-11-13-20(14-12-18)33-17-21(22(29)28(4)32-5)27-24(31)34-16-19-9-7-6-8-10-19/h6-14,21H,15-17H2,1-5H3,(H,26,30)(H,27,31)/t21-/m0/s1. The molecule has 10 heteroatoms. The summed E-state index contributed by atoms with van der Waals surface area (Å²) >= 11 is 0. The number of carbonyl (C=O) groups is 3. The lowest BCUT2D eigenvalue weighted by molar-refractivity contribution is -0.171. The maximum absolute atomic E-state index is 12.6. The molecule has 1 atom stereocenters. The molecule has 190 valence electrons. The van der Waals surface area contributed by atoms with Crippen molar-refractivity contribution in [1.82, 2.24) is 15.7 Å². The number of alkyl carbamates (subject to hydrolysis) is 2. The summed E-state index contributed by atoms with van der Waals surface area (Å²) in [6.45, 7) is 5.57. The van der Waals surface area contributed by atoms with Crippen molar-refractivity contribution in [3.8, 4) is 5.75 Å². The Morgan fingerprint density at radius 3 is 2.20 bits per heavy atom. The molecule has 2 N–H and O–H groups in total. The van der Waals surface area contributed by atoms with Crippen molar-refractivity contribution < 1.29 is 33.4 Å². The minimum atomic E-state index is -1.04. The largest absolute Gasteiger partial charge is 0.491 e. The van der Waals surface area contributed by atoms with Gasteiger partial charge in [0.15, 0.2) is 0 Å². The van der Waals surface area contributed by atoms with E-state index in [2.05, 4.69) is 10.6 Å². The molecule has 0 radical (unpaired) electrons. The molecule has 35 heavy (non-hydrogen) atoms. The number of nitrogens with zero attached hydrogens (tertiary/aromatic N) is 1. The highest BCUT2D eigenvalue weighted by Gasteiger charge is 2.26. The highest BCUT2D eigenvalue weighted by Crippen LogP contribution is 2.14. The van der Waals surface area contributed by atoms with E-state index in [1.54, 1.807) is 45.0 Å². The van der Waals surface area contributed by atoms with Crippen LogP contribution in [0, 0.1) is 0 Å². The van der Waals surface area contributed by atoms with Gasteiger partial charge in [0.25, 0.3) is 5.91 Å². The second kappa shape index (κ2) is 13.2. The number of ether oxygens (including phenoxy) is 3. The van der Waals surface area contributed by atoms with Gasteiger partial charge in [0.2, 0.25) is 0 Å². The summed E-state index contributed by atoms with van der Waals surface area (Å²) in [4.78, 5) is 41.6. The monoisotopic (exact) mass is 487 g/mol. The molecule has 3 amide bonds. The van der Waals surface area contributed by atoms with E-state index >= 15 is 0 Å². The average Bonchev–Trinajstić information content (AvgIpc) is 2.83. The predicted octanol–water partition coefficient (Wildman–Crippen LogP) is 3.40. The van der Waals surface area contributed by atoms with Crippen LogP contribution in [-0.2, 0) is 32.3 Å². The average molecular weight is 488 g/mol. The molecular weight excluding hydrogens is 454 g/mol. The van der Waals surface area contributed by atoms with Crippen LogP contribution in [-0.4, -0.2) is 55.6 Å². The first kappa shape index (κ1) is 27.5. The molecule has 0 spiro atoms. The molecule has 0 aromatic heterocycles. The van der Waals surface area contributed by atoms with Crippen molar-refractivity contribution in [3.63, 3.8) is 0 Å². The van der Waals surface area contributed by atoms with Gasteiger partial charge in [-0.3, -0.25) is 9.63 Å². The molecule has 0 saturated heterocycles. The lowest BCUT2D eigenvalue weighted by atomic mass is 10.2. The molecule has 0 fully saturated rings. The maximum atomic E-state index is 12.6. The van der Waals surface area contributed by atoms with Crippen molar-refractivity contribution in [3.05, 3.63) is 65.7 Å². The van der Waals surface area contributed by atoms with E-state index in [0.29, 0.717) is 5.75 Å². The molecule has 0 heterocycles. The second-order valence-electron chi connectivity index (χ2n) is 8.59. The Labute approximate surface area is 205 Å². The highest BCUT2D eigenvalue weighted by atomic mass is 16.7. The zero-order valence-corrected chi connectivity index (χ0v) is 20.7. The SMILES string of the molecule is CON(C)C(=O)[C@H](COc1ccc(CNC(=O)OC(C)(C)C)cc1)NC(=O)OCc1ccccc1. The Morgan fingerprint density at radius 2 is 1.60 bits per heavy atom. The summed E-state index contributed by atoms with van der Waals surface area (Å²) in [5, 5.41) is 6.19. The molecule has 2 aromatic carbocycles. The summed E-state index contributed by atoms with van der Waals surface area (Å²) in [6, 6.07) is 15.1. The first-order chi connectivity index (χ1) is 16.6. The Kier molecular flexibility index (Phi) is 10.3. The van der Waals surface area contributed by atoms with E-state index in [4.69, 9.17) is 19.0 Å². The molecule has 2 aromatic rings. The first-order valence-electron chi connectivity index (χ1n) is 11.0. The third-order valence-electron chi connectivity index (χ3n) is 4.56. The third-order valence-corrected chi connectivity index (χ3v) is 4.56. The Balaban J connectivity index is 1.90. The minimum absolute atomic E-state index is 0.0628. The van der Waals surface area contributed by atoms with Gasteiger partial charge in [-0.05, 0) is 44.0 Å². The summed E-state index contributed by atoms with van der Waals surface area (Å²) in [5.74, 6) is -0.0364. The summed E-state index contributed by atoms with van der Waals surface area (Å²) < 4.78 is 16.1. The maximum Gasteiger partial charge on any atom is 0.408 e. The number of benzene rings is 2. The van der Waals surface area contributed by atoms with Gasteiger partial charge in [-0.25, -0.2) is 14.7 Å². The molecule has 0 saturated carbocycles. The van der Waals surface area contributed by atoms with Gasteiger partial charge >= 0.3 is 12.2 Å². The zero-order valence-electron chi connectivity index (χ0n) is 20.7. The molecular formula is C25H33N3O7. The number of hydrogen-bond acceptors (Lipinski definition) is 7. The third kappa shape index (κ3) is 10.3. The molecule has 2 rings (SSSR count). The van der Waals surface area contributed by atoms with Crippen LogP contribution in [0.15, 0.2) is 54.6 Å². The van der Waals surface area contributed by atoms with E-state index < -0.39 is 29.7 Å². The van der Waals surface area contributed by atoms with Crippen molar-refractivity contribution in [2.45, 2.75) is 45.6 Å². The normalized spacial score (nSPS) is 11.7. The van der Waals surface area contributed by atoms with Crippen molar-refractivity contribution in [2.75, 3.05) is 20.8 Å². The van der Waals surface area contributed by atoms with Crippen LogP contribution >= 0.6 is 0 Å². The smallest absolute Gasteiger partial charge is 0.408 e. The number of hydrogen-bond donors (Lipinski definition) is 2. The van der Waals surface area contributed by atoms with E-state index in [1.807, 2.05) is 30.3 Å². The zero-order chi connectivity index (χ0) is 25.8. The van der Waals surface area contributed by atoms with Crippen molar-refractivity contribution in [2.24, 2.45) is 0 Å². The van der Waals surface area contributed by atoms with Gasteiger partial charge in [0, 0.05) is 13.6 Å². The minimum Gasteiger partial charge on any atom is -0.491 e. The number of rotatable bonds is 10. The Bertz CT molecular complexity index is 959. The number of likely N-dealkylation sites (N-methyl/N-ethyl adjacent to an activating group) is 1. The fourth-order valence-electron chi connectivity index (χ4n) is 2.76. The van der Waals surface area contributed by atoms with Gasteiger partial charge < -0.3 is 24.8 Å². The second-order valence-corrected chi connectivity index (χ2v) is 8.59. The van der Waals surface area contributed by atoms with E-state index in [0.717, 1.165) is 16.2 Å². The Morgan fingerprint density at radius 1 is 0.943 bits per heavy atom. The fourth-order valence-corrected chi connectivity index (χ4v) is 2.76. The summed E-state index contributed by atoms with van der Waals surface area (Å²) in [7, 11) is 2.77. The fraction of sp³-hybridized carbons (Fsp3) is 0.400. The lowest BCUT2D eigenvalue weighted by Crippen LogP contribution is -2.50. The van der Waals surface area contributed by atoms with Gasteiger partial charge in [-0.2, -0.15) is 0 Å². The van der Waals surface area contributed by atoms with Crippen LogP contribution in [0.25, 0.3) is 0 Å². The van der Waals surface area contributed by atoms with Gasteiger partial charge in [0.05, 0.1) is 7.11 Å². The summed E-state index contributed by atoms with van der Waals surface area (Å²) in [6.07, 6.45) is -1.27. The lowest BCUT2D eigenvalue weighted by Gasteiger charge is -2.23. The number of amides is 3. The molecule has 0 aliphatic rings. The van der Waals surface area contributed by atoms with Crippen LogP contribution in [0.2, 0.25) is 0 Å². The number of hydroxylamine groups is 2. The first-order valence-corrected chi connectivity index (χ1v) is 11.0. The number of carbonyl (C=O) groups excluding carboxylic acids is 3. The molecule has 10 nitrogen and oxygen atoms in total. The van der Waals surface area contributed by atoms with Crippen LogP contribution in [0.4, 0.5) is 9.59 Å². The van der Waals surface area contributed by atoms with Crippen LogP contribution < -0.4 is 15.4 Å². The van der Waals surface area contributed by atoms with Crippen molar-refractivity contribution >= 4 is 18.1 Å². The highest BCUT2D eigenvalue weighted by molar-refractivity contribution is 5.85. The molecule has 0 aliphatic heterocycles. The van der Waals surface area contributed by atoms with Crippen molar-refractivity contribution in [1.29, 1.82) is 0 Å². The van der Waals surface area contributed by atoms with E-state index in [9.17, 15) is 14.4 Å². The van der Waals surface area contributed by atoms with Crippen LogP contribution in [0.1, 0.15) is 31.9 Å². The molecule has 0 bridgehead atoms. The van der Waals surface area contributed by atoms with Crippen LogP contribution in [0.3, 0.4) is 0 Å². The quantitative estimate of drug-likeness (QED) is 0.494. The molecule has 0 aliphatic carbocycles. The number of nitrogens with one attached hydrogen (secondary N) is 2. The van der Waals surface area contributed by atoms with Gasteiger partial charge in [0.1, 0.15) is 30.6 Å². The molecule has 0 unspecified atom stereocenters. The van der Waals surface area contributed by atoms with E-state index in [-0.39, 0.29) is 19.8 Å². The van der Waals surface area contributed by atoms with Gasteiger partial charge in [-0.1, -0.05) is 42.5 Å².